The Labute approximate surface area is 166 Å². The third kappa shape index (κ3) is 4.99. The van der Waals surface area contributed by atoms with E-state index in [4.69, 9.17) is 11.6 Å². The van der Waals surface area contributed by atoms with Crippen LogP contribution in [0.15, 0.2) is 39.4 Å². The van der Waals surface area contributed by atoms with Gasteiger partial charge >= 0.3 is 5.97 Å². The quantitative estimate of drug-likeness (QED) is 0.466. The average Bonchev–Trinajstić information content (AvgIpc) is 3.04. The number of sulfone groups is 1. The summed E-state index contributed by atoms with van der Waals surface area (Å²) in [5, 5.41) is 1.64. The van der Waals surface area contributed by atoms with E-state index in [1.165, 1.54) is 29.6 Å². The van der Waals surface area contributed by atoms with Gasteiger partial charge in [0.05, 0.1) is 23.4 Å². The minimum absolute atomic E-state index is 0.0639. The summed E-state index contributed by atoms with van der Waals surface area (Å²) < 4.78 is 54.3. The number of ether oxygens (including phenoxy) is 1. The first kappa shape index (κ1) is 21.6. The molecule has 0 atom stereocenters. The van der Waals surface area contributed by atoms with Gasteiger partial charge < -0.3 is 10.2 Å². The molecule has 0 spiro atoms. The summed E-state index contributed by atoms with van der Waals surface area (Å²) in [6.45, 7) is 1.70. The number of rotatable bonds is 8. The molecule has 0 aliphatic rings. The van der Waals surface area contributed by atoms with Gasteiger partial charge in [0.1, 0.15) is 9.77 Å². The second kappa shape index (κ2) is 8.57. The van der Waals surface area contributed by atoms with Crippen LogP contribution in [0.1, 0.15) is 23.0 Å². The molecular formula is C15H17ClN2O6S3. The Bertz CT molecular complexity index is 1030. The van der Waals surface area contributed by atoms with Gasteiger partial charge in [-0.2, -0.15) is 0 Å². The van der Waals surface area contributed by atoms with Crippen LogP contribution in [0.5, 0.6) is 0 Å². The standard InChI is InChI=1S/C15H17ClN2O6S3/c1-3-8-26(20,21)12-9-25-14(15(19)24-2)13(12)17-18-27(22,23)11-6-4-10(16)5-7-11/h4-7,9,17-18H,3,8H2,1-2H3. The number of thiophene rings is 1. The highest BCUT2D eigenvalue weighted by Crippen LogP contribution is 2.33. The summed E-state index contributed by atoms with van der Waals surface area (Å²) in [5.41, 5.74) is 2.19. The van der Waals surface area contributed by atoms with Crippen molar-refractivity contribution < 1.29 is 26.4 Å². The van der Waals surface area contributed by atoms with Gasteiger partial charge in [0, 0.05) is 10.4 Å². The maximum absolute atomic E-state index is 12.4. The number of methoxy groups -OCH3 is 1. The van der Waals surface area contributed by atoms with E-state index in [2.05, 4.69) is 15.0 Å². The monoisotopic (exact) mass is 452 g/mol. The largest absolute Gasteiger partial charge is 0.465 e. The molecule has 2 rings (SSSR count). The van der Waals surface area contributed by atoms with E-state index in [-0.39, 0.29) is 26.1 Å². The number of carbonyl (C=O) groups is 1. The summed E-state index contributed by atoms with van der Waals surface area (Å²) in [6, 6.07) is 5.38. The summed E-state index contributed by atoms with van der Waals surface area (Å²) in [5.74, 6) is -0.936. The lowest BCUT2D eigenvalue weighted by atomic mass is 10.4. The lowest BCUT2D eigenvalue weighted by Crippen LogP contribution is -2.30. The molecule has 148 valence electrons. The van der Waals surface area contributed by atoms with Gasteiger partial charge in [-0.3, -0.25) is 0 Å². The smallest absolute Gasteiger partial charge is 0.350 e. The van der Waals surface area contributed by atoms with Crippen LogP contribution in [-0.4, -0.2) is 35.7 Å². The maximum Gasteiger partial charge on any atom is 0.350 e. The zero-order valence-corrected chi connectivity index (χ0v) is 17.6. The van der Waals surface area contributed by atoms with Crippen molar-refractivity contribution >= 4 is 54.5 Å². The topological polar surface area (TPSA) is 119 Å². The summed E-state index contributed by atoms with van der Waals surface area (Å²) in [4.78, 5) is 13.7. The van der Waals surface area contributed by atoms with Crippen molar-refractivity contribution in [2.75, 3.05) is 18.3 Å². The highest BCUT2D eigenvalue weighted by molar-refractivity contribution is 7.91. The maximum atomic E-state index is 12.4. The molecular weight excluding hydrogens is 436 g/mol. The molecule has 2 N–H and O–H groups in total. The van der Waals surface area contributed by atoms with Gasteiger partial charge in [0.15, 0.2) is 9.84 Å². The van der Waals surface area contributed by atoms with E-state index in [1.54, 1.807) is 6.92 Å². The molecule has 1 aromatic heterocycles. The van der Waals surface area contributed by atoms with Crippen LogP contribution in [0, 0.1) is 0 Å². The molecule has 0 aliphatic heterocycles. The Balaban J connectivity index is 2.40. The third-order valence-electron chi connectivity index (χ3n) is 3.37. The fourth-order valence-electron chi connectivity index (χ4n) is 2.10. The van der Waals surface area contributed by atoms with Crippen molar-refractivity contribution in [2.45, 2.75) is 23.1 Å². The highest BCUT2D eigenvalue weighted by Gasteiger charge is 2.27. The summed E-state index contributed by atoms with van der Waals surface area (Å²) in [6.07, 6.45) is 0.363. The number of esters is 1. The third-order valence-corrected chi connectivity index (χ3v) is 7.93. The van der Waals surface area contributed by atoms with Crippen molar-refractivity contribution in [3.8, 4) is 0 Å². The molecule has 0 radical (unpaired) electrons. The number of anilines is 1. The number of hydrogen-bond donors (Lipinski definition) is 2. The first-order valence-electron chi connectivity index (χ1n) is 7.58. The van der Waals surface area contributed by atoms with E-state index >= 15 is 0 Å². The molecule has 0 saturated heterocycles. The van der Waals surface area contributed by atoms with Crippen LogP contribution in [0.4, 0.5) is 5.69 Å². The van der Waals surface area contributed by atoms with Gasteiger partial charge in [-0.1, -0.05) is 18.5 Å². The van der Waals surface area contributed by atoms with Crippen molar-refractivity contribution in [3.05, 3.63) is 39.5 Å². The zero-order valence-electron chi connectivity index (χ0n) is 14.4. The molecule has 2 aromatic rings. The first-order valence-corrected chi connectivity index (χ1v) is 12.0. The lowest BCUT2D eigenvalue weighted by Gasteiger charge is -2.12. The Morgan fingerprint density at radius 2 is 1.81 bits per heavy atom. The lowest BCUT2D eigenvalue weighted by molar-refractivity contribution is 0.0607. The molecule has 0 unspecified atom stereocenters. The Hall–Kier alpha value is -1.66. The Kier molecular flexibility index (Phi) is 6.87. The van der Waals surface area contributed by atoms with Gasteiger partial charge in [0.25, 0.3) is 10.0 Å². The number of carbonyl (C=O) groups excluding carboxylic acids is 1. The average molecular weight is 453 g/mol. The van der Waals surface area contributed by atoms with Gasteiger partial charge in [-0.25, -0.2) is 21.6 Å². The van der Waals surface area contributed by atoms with Crippen LogP contribution < -0.4 is 10.3 Å². The van der Waals surface area contributed by atoms with Gasteiger partial charge in [-0.05, 0) is 30.7 Å². The number of sulfonamides is 1. The molecule has 1 heterocycles. The van der Waals surface area contributed by atoms with Gasteiger partial charge in [0.2, 0.25) is 0 Å². The van der Waals surface area contributed by atoms with E-state index in [9.17, 15) is 21.6 Å². The van der Waals surface area contributed by atoms with Crippen molar-refractivity contribution in [3.63, 3.8) is 0 Å². The fourth-order valence-corrected chi connectivity index (χ4v) is 5.89. The van der Waals surface area contributed by atoms with E-state index < -0.39 is 25.8 Å². The Morgan fingerprint density at radius 3 is 2.37 bits per heavy atom. The predicted octanol–water partition coefficient (Wildman–Crippen LogP) is 2.68. The van der Waals surface area contributed by atoms with Crippen molar-refractivity contribution in [2.24, 2.45) is 0 Å². The molecule has 0 saturated carbocycles. The van der Waals surface area contributed by atoms with Crippen LogP contribution in [-0.2, 0) is 24.6 Å². The van der Waals surface area contributed by atoms with Crippen molar-refractivity contribution in [1.82, 2.24) is 4.83 Å². The van der Waals surface area contributed by atoms with E-state index in [1.807, 2.05) is 0 Å². The minimum Gasteiger partial charge on any atom is -0.465 e. The van der Waals surface area contributed by atoms with Crippen LogP contribution in [0.2, 0.25) is 5.02 Å². The Morgan fingerprint density at radius 1 is 1.19 bits per heavy atom. The number of hydrogen-bond acceptors (Lipinski definition) is 8. The SMILES string of the molecule is CCCS(=O)(=O)c1csc(C(=O)OC)c1NNS(=O)(=O)c1ccc(Cl)cc1. The highest BCUT2D eigenvalue weighted by atomic mass is 35.5. The fraction of sp³-hybridized carbons (Fsp3) is 0.267. The number of nitrogens with one attached hydrogen (secondary N) is 2. The normalized spacial score (nSPS) is 12.0. The first-order chi connectivity index (χ1) is 12.6. The molecule has 8 nitrogen and oxygen atoms in total. The zero-order chi connectivity index (χ0) is 20.2. The summed E-state index contributed by atoms with van der Waals surface area (Å²) in [7, 11) is -6.61. The van der Waals surface area contributed by atoms with E-state index in [0.29, 0.717) is 11.4 Å². The van der Waals surface area contributed by atoms with Gasteiger partial charge in [-0.15, -0.1) is 16.2 Å². The minimum atomic E-state index is -4.04. The summed E-state index contributed by atoms with van der Waals surface area (Å²) >= 11 is 6.59. The van der Waals surface area contributed by atoms with Crippen LogP contribution in [0.25, 0.3) is 0 Å². The number of hydrazine groups is 1. The van der Waals surface area contributed by atoms with Crippen LogP contribution in [0.3, 0.4) is 0 Å². The van der Waals surface area contributed by atoms with Crippen LogP contribution >= 0.6 is 22.9 Å². The molecule has 0 amide bonds. The van der Waals surface area contributed by atoms with Crippen molar-refractivity contribution in [1.29, 1.82) is 0 Å². The second-order valence-electron chi connectivity index (χ2n) is 5.30. The predicted molar refractivity (Wildman–Crippen MR) is 103 cm³/mol. The molecule has 27 heavy (non-hydrogen) atoms. The molecule has 0 fully saturated rings. The molecule has 1 aromatic carbocycles. The number of benzene rings is 1. The van der Waals surface area contributed by atoms with E-state index in [0.717, 1.165) is 18.4 Å². The molecule has 12 heteroatoms. The second-order valence-corrected chi connectivity index (χ2v) is 10.4. The number of halogens is 1. The molecule has 0 aliphatic carbocycles. The molecule has 0 bridgehead atoms.